The van der Waals surface area contributed by atoms with Crippen molar-refractivity contribution >= 4 is 29.2 Å². The summed E-state index contributed by atoms with van der Waals surface area (Å²) < 4.78 is 5.58. The lowest BCUT2D eigenvalue weighted by Gasteiger charge is -2.29. The van der Waals surface area contributed by atoms with Crippen molar-refractivity contribution in [2.45, 2.75) is 86.3 Å². The maximum absolute atomic E-state index is 13.1. The number of anilines is 2. The third-order valence-electron chi connectivity index (χ3n) is 7.66. The molecule has 1 fully saturated rings. The number of fused-ring (bicyclic) bond motifs is 2. The van der Waals surface area contributed by atoms with Gasteiger partial charge in [0.15, 0.2) is 0 Å². The molecule has 4 rings (SSSR count). The fourth-order valence-corrected chi connectivity index (χ4v) is 5.02. The number of urea groups is 1. The highest BCUT2D eigenvalue weighted by Gasteiger charge is 2.42. The zero-order valence-electron chi connectivity index (χ0n) is 25.7. The molecular formula is C33H45N5O3. The number of carbonyl (C=O) groups is 2. The van der Waals surface area contributed by atoms with Gasteiger partial charge in [0.05, 0.1) is 5.69 Å². The molecule has 2 aromatic carbocycles. The van der Waals surface area contributed by atoms with E-state index >= 15 is 0 Å². The zero-order valence-corrected chi connectivity index (χ0v) is 25.7. The van der Waals surface area contributed by atoms with Crippen molar-refractivity contribution in [2.24, 2.45) is 16.4 Å². The first-order valence-electron chi connectivity index (χ1n) is 14.4. The molecule has 2 unspecified atom stereocenters. The van der Waals surface area contributed by atoms with Gasteiger partial charge in [-0.2, -0.15) is 5.10 Å². The van der Waals surface area contributed by atoms with Crippen molar-refractivity contribution in [1.29, 1.82) is 0 Å². The predicted molar refractivity (Wildman–Crippen MR) is 166 cm³/mol. The Bertz CT molecular complexity index is 1320. The molecule has 0 spiro atoms. The third kappa shape index (κ3) is 7.90. The van der Waals surface area contributed by atoms with Crippen molar-refractivity contribution in [3.05, 3.63) is 71.4 Å². The lowest BCUT2D eigenvalue weighted by Crippen LogP contribution is -2.39. The number of carbonyl (C=O) groups excluding carboxylic acids is 2. The van der Waals surface area contributed by atoms with E-state index in [-0.39, 0.29) is 30.2 Å². The van der Waals surface area contributed by atoms with E-state index < -0.39 is 5.60 Å². The minimum Gasteiger partial charge on any atom is -0.443 e. The largest absolute Gasteiger partial charge is 0.443 e. The van der Waals surface area contributed by atoms with E-state index in [2.05, 4.69) is 37.5 Å². The third-order valence-corrected chi connectivity index (χ3v) is 7.66. The molecule has 2 atom stereocenters. The summed E-state index contributed by atoms with van der Waals surface area (Å²) >= 11 is 0. The summed E-state index contributed by atoms with van der Waals surface area (Å²) in [6.07, 6.45) is 4.25. The molecule has 0 aromatic heterocycles. The lowest BCUT2D eigenvalue weighted by molar-refractivity contribution is 0.0276. The number of nitrogens with zero attached hydrogens (tertiary/aromatic N) is 3. The molecule has 0 saturated heterocycles. The van der Waals surface area contributed by atoms with Crippen LogP contribution in [-0.2, 0) is 11.2 Å². The van der Waals surface area contributed by atoms with Crippen LogP contribution in [0.15, 0.2) is 65.4 Å². The molecular weight excluding hydrogens is 514 g/mol. The first kappa shape index (κ1) is 30.2. The Morgan fingerprint density at radius 2 is 1.73 bits per heavy atom. The number of nitrogens with one attached hydrogen (secondary N) is 2. The molecule has 1 aliphatic carbocycles. The van der Waals surface area contributed by atoms with Crippen LogP contribution in [0.1, 0.15) is 72.4 Å². The van der Waals surface area contributed by atoms with Gasteiger partial charge >= 0.3 is 12.1 Å². The average Bonchev–Trinajstić information content (AvgIpc) is 3.47. The number of benzene rings is 2. The summed E-state index contributed by atoms with van der Waals surface area (Å²) in [6, 6.07) is 15.9. The number of hydrazone groups is 1. The van der Waals surface area contributed by atoms with Crippen LogP contribution in [0.25, 0.3) is 0 Å². The molecule has 2 aromatic rings. The Balaban J connectivity index is 1.40. The molecule has 2 aliphatic rings. The molecule has 8 heteroatoms. The number of hydrogen-bond donors (Lipinski definition) is 2. The predicted octanol–water partition coefficient (Wildman–Crippen LogP) is 7.46. The second kappa shape index (κ2) is 12.0. The number of ether oxygens (including phenoxy) is 1. The van der Waals surface area contributed by atoms with Gasteiger partial charge in [-0.05, 0) is 89.1 Å². The fraction of sp³-hybridized carbons (Fsp3) is 0.485. The Kier molecular flexibility index (Phi) is 8.80. The fourth-order valence-electron chi connectivity index (χ4n) is 5.02. The van der Waals surface area contributed by atoms with Gasteiger partial charge < -0.3 is 15.4 Å². The summed E-state index contributed by atoms with van der Waals surface area (Å²) in [5.74, 6) is 0.330. The Morgan fingerprint density at radius 1 is 1.05 bits per heavy atom. The minimum absolute atomic E-state index is 0.0940. The number of rotatable bonds is 7. The van der Waals surface area contributed by atoms with Crippen LogP contribution in [0.4, 0.5) is 21.0 Å². The maximum atomic E-state index is 13.1. The Morgan fingerprint density at radius 3 is 2.34 bits per heavy atom. The molecule has 3 amide bonds. The summed E-state index contributed by atoms with van der Waals surface area (Å²) in [5, 5.41) is 12.7. The highest BCUT2D eigenvalue weighted by atomic mass is 16.6. The first-order chi connectivity index (χ1) is 19.2. The van der Waals surface area contributed by atoms with Crippen molar-refractivity contribution < 1.29 is 14.3 Å². The minimum atomic E-state index is -0.517. The van der Waals surface area contributed by atoms with E-state index in [9.17, 15) is 9.59 Å². The van der Waals surface area contributed by atoms with Crippen molar-refractivity contribution in [3.63, 3.8) is 0 Å². The van der Waals surface area contributed by atoms with Gasteiger partial charge in [0.2, 0.25) is 0 Å². The van der Waals surface area contributed by atoms with E-state index in [1.165, 1.54) is 5.57 Å². The molecule has 0 radical (unpaired) electrons. The van der Waals surface area contributed by atoms with Crippen LogP contribution < -0.4 is 15.6 Å². The standard InChI is InChI=1S/C33H45N5O3/c1-22-13-15-27(16-14-22)38(36-23(2)32(3,4)5)21-34-30(39)35-29-12-10-9-11-24(29)17-25-18-28-19-26(25)20-37(28)31(40)41-33(6,7)8/h9-16,20,25,28H,17-19,21H2,1-8H3,(H2,34,35,39)/b36-23+. The number of aryl methyl sites for hydroxylation is 1. The summed E-state index contributed by atoms with van der Waals surface area (Å²) in [7, 11) is 0. The van der Waals surface area contributed by atoms with Crippen LogP contribution in [-0.4, -0.2) is 41.0 Å². The van der Waals surface area contributed by atoms with Gasteiger partial charge in [0, 0.05) is 29.1 Å². The molecule has 220 valence electrons. The quantitative estimate of drug-likeness (QED) is 0.209. The zero-order chi connectivity index (χ0) is 29.9. The van der Waals surface area contributed by atoms with Gasteiger partial charge in [-0.3, -0.25) is 4.90 Å². The topological polar surface area (TPSA) is 86.3 Å². The monoisotopic (exact) mass is 559 g/mol. The highest BCUT2D eigenvalue weighted by molar-refractivity contribution is 5.90. The molecule has 8 nitrogen and oxygen atoms in total. The first-order valence-corrected chi connectivity index (χ1v) is 14.4. The van der Waals surface area contributed by atoms with Gasteiger partial charge in [-0.25, -0.2) is 14.6 Å². The van der Waals surface area contributed by atoms with E-state index in [1.54, 1.807) is 4.90 Å². The highest BCUT2D eigenvalue weighted by Crippen LogP contribution is 2.43. The summed E-state index contributed by atoms with van der Waals surface area (Å²) in [4.78, 5) is 27.4. The van der Waals surface area contributed by atoms with Crippen molar-refractivity contribution in [1.82, 2.24) is 10.2 Å². The molecule has 2 N–H and O–H groups in total. The lowest BCUT2D eigenvalue weighted by atomic mass is 9.91. The van der Waals surface area contributed by atoms with E-state index in [0.29, 0.717) is 5.92 Å². The second-order valence-corrected chi connectivity index (χ2v) is 13.2. The Labute approximate surface area is 244 Å². The van der Waals surface area contributed by atoms with Crippen LogP contribution >= 0.6 is 0 Å². The SMILES string of the molecule is C/C(=N\N(CNC(=O)Nc1ccccc1CC1CC2CC1=CN2C(=O)OC(C)(C)C)c1ccc(C)cc1)C(C)(C)C. The van der Waals surface area contributed by atoms with E-state index in [1.807, 2.05) is 88.3 Å². The normalized spacial score (nSPS) is 18.7. The molecule has 2 bridgehead atoms. The van der Waals surface area contributed by atoms with Crippen LogP contribution in [0, 0.1) is 18.3 Å². The summed E-state index contributed by atoms with van der Waals surface area (Å²) in [5.41, 5.74) is 5.55. The average molecular weight is 560 g/mol. The van der Waals surface area contributed by atoms with Gasteiger partial charge in [-0.15, -0.1) is 0 Å². The van der Waals surface area contributed by atoms with Crippen molar-refractivity contribution in [2.75, 3.05) is 17.0 Å². The number of para-hydroxylation sites is 1. The van der Waals surface area contributed by atoms with Crippen LogP contribution in [0.5, 0.6) is 0 Å². The number of hydrogen-bond acceptors (Lipinski definition) is 5. The second-order valence-electron chi connectivity index (χ2n) is 13.2. The van der Waals surface area contributed by atoms with Crippen LogP contribution in [0.3, 0.4) is 0 Å². The van der Waals surface area contributed by atoms with Gasteiger partial charge in [-0.1, -0.05) is 56.7 Å². The molecule has 1 saturated carbocycles. The molecule has 41 heavy (non-hydrogen) atoms. The Hall–Kier alpha value is -3.81. The summed E-state index contributed by atoms with van der Waals surface area (Å²) in [6.45, 7) is 16.3. The molecule has 1 aliphatic heterocycles. The van der Waals surface area contributed by atoms with E-state index in [4.69, 9.17) is 9.84 Å². The molecule has 1 heterocycles. The van der Waals surface area contributed by atoms with Gasteiger partial charge in [0.1, 0.15) is 12.3 Å². The van der Waals surface area contributed by atoms with E-state index in [0.717, 1.165) is 47.5 Å². The maximum Gasteiger partial charge on any atom is 0.414 e. The van der Waals surface area contributed by atoms with Crippen molar-refractivity contribution in [3.8, 4) is 0 Å². The number of amides is 3. The smallest absolute Gasteiger partial charge is 0.414 e. The van der Waals surface area contributed by atoms with Crippen LogP contribution in [0.2, 0.25) is 0 Å². The van der Waals surface area contributed by atoms with Gasteiger partial charge in [0.25, 0.3) is 0 Å².